The molecular formula is C44H52N6O9S. The molecule has 318 valence electrons. The fourth-order valence-corrected chi connectivity index (χ4v) is 8.14. The van der Waals surface area contributed by atoms with Crippen LogP contribution in [0, 0.1) is 18.3 Å². The highest BCUT2D eigenvalue weighted by molar-refractivity contribution is 7.90. The Morgan fingerprint density at radius 2 is 1.72 bits per heavy atom. The van der Waals surface area contributed by atoms with Crippen LogP contribution < -0.4 is 24.8 Å². The second kappa shape index (κ2) is 16.6. The van der Waals surface area contributed by atoms with Gasteiger partial charge in [-0.15, -0.1) is 6.58 Å². The summed E-state index contributed by atoms with van der Waals surface area (Å²) in [7, 11) is -2.86. The molecule has 16 heteroatoms. The van der Waals surface area contributed by atoms with Crippen LogP contribution in [0.25, 0.3) is 22.2 Å². The summed E-state index contributed by atoms with van der Waals surface area (Å²) in [5.41, 5.74) is -0.638. The number of likely N-dealkylation sites (tertiary alicyclic amines) is 1. The smallest absolute Gasteiger partial charge is 0.408 e. The number of hydrogen-bond acceptors (Lipinski definition) is 11. The number of rotatable bonds is 12. The number of nitrogens with one attached hydrogen (secondary N) is 3. The molecule has 0 bridgehead atoms. The van der Waals surface area contributed by atoms with E-state index in [1.807, 2.05) is 36.4 Å². The number of ether oxygens (including phenoxy) is 3. The lowest BCUT2D eigenvalue weighted by Crippen LogP contribution is -2.60. The topological polar surface area (TPSA) is 195 Å². The lowest BCUT2D eigenvalue weighted by Gasteiger charge is -2.36. The number of nitrogens with zero attached hydrogens (tertiary/aromatic N) is 3. The van der Waals surface area contributed by atoms with Crippen LogP contribution >= 0.6 is 0 Å². The van der Waals surface area contributed by atoms with Crippen molar-refractivity contribution in [1.29, 1.82) is 0 Å². The van der Waals surface area contributed by atoms with E-state index in [2.05, 4.69) is 26.9 Å². The Bertz CT molecular complexity index is 2410. The largest absolute Gasteiger partial charge is 0.497 e. The molecule has 4 aromatic rings. The summed E-state index contributed by atoms with van der Waals surface area (Å²) < 4.78 is 46.3. The number of sulfonamides is 1. The molecule has 6 rings (SSSR count). The first kappa shape index (κ1) is 43.5. The normalized spacial score (nSPS) is 20.7. The number of amides is 4. The fourth-order valence-electron chi connectivity index (χ4n) is 7.17. The number of benzene rings is 2. The molecule has 2 aliphatic rings. The van der Waals surface area contributed by atoms with Gasteiger partial charge in [-0.2, -0.15) is 8.42 Å². The van der Waals surface area contributed by atoms with Gasteiger partial charge in [0.1, 0.15) is 40.8 Å². The van der Waals surface area contributed by atoms with E-state index in [0.717, 1.165) is 11.1 Å². The predicted molar refractivity (Wildman–Crippen MR) is 224 cm³/mol. The van der Waals surface area contributed by atoms with E-state index in [-0.39, 0.29) is 24.4 Å². The van der Waals surface area contributed by atoms with Crippen LogP contribution in [-0.2, 0) is 29.1 Å². The number of aromatic nitrogens is 2. The Hall–Kier alpha value is -6.03. The summed E-state index contributed by atoms with van der Waals surface area (Å²) in [6.07, 6.45) is 1.28. The number of alkyl carbamates (subject to hydrolysis) is 1. The van der Waals surface area contributed by atoms with Gasteiger partial charge in [0.2, 0.25) is 11.8 Å². The molecule has 4 amide bonds. The lowest BCUT2D eigenvalue weighted by atomic mass is 9.85. The summed E-state index contributed by atoms with van der Waals surface area (Å²) in [6, 6.07) is 17.2. The zero-order valence-electron chi connectivity index (χ0n) is 35.1. The standard InChI is InChI=1S/C44H52N6O9S/c1-10-28-23-44(28,40(53)49-60(55,56)36-19-16-26(2)24-45-36)48-38(51)34-21-30(25-50(34)39(52)37(42(3,4)5)47-41(54)59-43(6,7)8)58-35-22-32(27-14-12-11-13-15-27)46-33-20-29(57-9)17-18-31(33)35/h10-20,22,24,28,30,34,37H,1,21,23,25H2,2-9H3,(H,47,54)(H,48,51)(H,49,53). The predicted octanol–water partition coefficient (Wildman–Crippen LogP) is 5.47. The summed E-state index contributed by atoms with van der Waals surface area (Å²) in [5, 5.41) is 5.81. The zero-order chi connectivity index (χ0) is 43.8. The molecular weight excluding hydrogens is 789 g/mol. The summed E-state index contributed by atoms with van der Waals surface area (Å²) in [6.45, 7) is 15.9. The van der Waals surface area contributed by atoms with Crippen LogP contribution in [0.4, 0.5) is 4.79 Å². The van der Waals surface area contributed by atoms with Gasteiger partial charge < -0.3 is 29.7 Å². The van der Waals surface area contributed by atoms with Crippen molar-refractivity contribution >= 4 is 44.7 Å². The Balaban J connectivity index is 1.35. The molecule has 2 fully saturated rings. The Morgan fingerprint density at radius 1 is 1.00 bits per heavy atom. The number of carbonyl (C=O) groups is 4. The van der Waals surface area contributed by atoms with E-state index in [9.17, 15) is 27.6 Å². The quantitative estimate of drug-likeness (QED) is 0.153. The fraction of sp³-hybridized carbons (Fsp3) is 0.409. The van der Waals surface area contributed by atoms with Crippen molar-refractivity contribution in [1.82, 2.24) is 30.2 Å². The minimum atomic E-state index is -4.42. The van der Waals surface area contributed by atoms with E-state index < -0.39 is 74.5 Å². The summed E-state index contributed by atoms with van der Waals surface area (Å²) in [5.74, 6) is -1.87. The number of hydrogen-bond donors (Lipinski definition) is 3. The van der Waals surface area contributed by atoms with E-state index in [0.29, 0.717) is 28.1 Å². The van der Waals surface area contributed by atoms with Crippen molar-refractivity contribution in [3.8, 4) is 22.8 Å². The maximum atomic E-state index is 14.7. The molecule has 60 heavy (non-hydrogen) atoms. The third kappa shape index (κ3) is 9.54. The van der Waals surface area contributed by atoms with Crippen molar-refractivity contribution in [3.05, 3.63) is 91.1 Å². The molecule has 3 heterocycles. The molecule has 0 spiro atoms. The van der Waals surface area contributed by atoms with Crippen molar-refractivity contribution in [2.45, 2.75) is 95.7 Å². The second-order valence-corrected chi connectivity index (χ2v) is 18.9. The van der Waals surface area contributed by atoms with E-state index >= 15 is 0 Å². The third-order valence-electron chi connectivity index (χ3n) is 10.4. The van der Waals surface area contributed by atoms with E-state index in [4.69, 9.17) is 19.2 Å². The van der Waals surface area contributed by atoms with Crippen molar-refractivity contribution < 1.29 is 41.8 Å². The minimum Gasteiger partial charge on any atom is -0.497 e. The molecule has 1 saturated heterocycles. The zero-order valence-corrected chi connectivity index (χ0v) is 35.9. The number of fused-ring (bicyclic) bond motifs is 1. The molecule has 3 N–H and O–H groups in total. The average molecular weight is 841 g/mol. The Kier molecular flexibility index (Phi) is 12.0. The molecule has 1 aliphatic heterocycles. The van der Waals surface area contributed by atoms with Gasteiger partial charge in [-0.25, -0.2) is 19.5 Å². The van der Waals surface area contributed by atoms with Crippen LogP contribution in [0.15, 0.2) is 90.6 Å². The average Bonchev–Trinajstić information content (AvgIpc) is 3.74. The van der Waals surface area contributed by atoms with Crippen LogP contribution in [0.3, 0.4) is 0 Å². The lowest BCUT2D eigenvalue weighted by molar-refractivity contribution is -0.143. The first-order chi connectivity index (χ1) is 28.1. The van der Waals surface area contributed by atoms with Crippen LogP contribution in [0.5, 0.6) is 11.5 Å². The molecule has 2 aromatic carbocycles. The summed E-state index contributed by atoms with van der Waals surface area (Å²) in [4.78, 5) is 66.5. The molecule has 1 aliphatic carbocycles. The van der Waals surface area contributed by atoms with Gasteiger partial charge in [0, 0.05) is 41.6 Å². The van der Waals surface area contributed by atoms with Gasteiger partial charge in [0.25, 0.3) is 15.9 Å². The second-order valence-electron chi connectivity index (χ2n) is 17.3. The van der Waals surface area contributed by atoms with Gasteiger partial charge in [0.05, 0.1) is 24.9 Å². The molecule has 5 unspecified atom stereocenters. The van der Waals surface area contributed by atoms with Gasteiger partial charge in [-0.1, -0.05) is 63.2 Å². The SMILES string of the molecule is C=CC1CC1(NC(=O)C1CC(Oc2cc(-c3ccccc3)nc3cc(OC)ccc23)CN1C(=O)C(NC(=O)OC(C)(C)C)C(C)(C)C)C(=O)NS(=O)(=O)c1ccc(C)cn1. The number of pyridine rings is 2. The molecule has 2 aromatic heterocycles. The highest BCUT2D eigenvalue weighted by atomic mass is 32.2. The molecule has 5 atom stereocenters. The van der Waals surface area contributed by atoms with Gasteiger partial charge in [0.15, 0.2) is 5.03 Å². The third-order valence-corrected chi connectivity index (χ3v) is 11.6. The maximum Gasteiger partial charge on any atom is 0.408 e. The van der Waals surface area contributed by atoms with Gasteiger partial charge in [-0.3, -0.25) is 14.4 Å². The van der Waals surface area contributed by atoms with Crippen molar-refractivity contribution in [3.63, 3.8) is 0 Å². The van der Waals surface area contributed by atoms with E-state index in [1.165, 1.54) is 23.2 Å². The highest BCUT2D eigenvalue weighted by Gasteiger charge is 2.61. The highest BCUT2D eigenvalue weighted by Crippen LogP contribution is 2.45. The first-order valence-corrected chi connectivity index (χ1v) is 21.1. The Labute approximate surface area is 350 Å². The van der Waals surface area contributed by atoms with Crippen LogP contribution in [-0.4, -0.2) is 90.1 Å². The van der Waals surface area contributed by atoms with Crippen molar-refractivity contribution in [2.24, 2.45) is 11.3 Å². The molecule has 15 nitrogen and oxygen atoms in total. The van der Waals surface area contributed by atoms with Crippen molar-refractivity contribution in [2.75, 3.05) is 13.7 Å². The number of carbonyl (C=O) groups excluding carboxylic acids is 4. The molecule has 1 saturated carbocycles. The van der Waals surface area contributed by atoms with E-state index in [1.54, 1.807) is 79.8 Å². The van der Waals surface area contributed by atoms with Gasteiger partial charge >= 0.3 is 6.09 Å². The maximum absolute atomic E-state index is 14.7. The van der Waals surface area contributed by atoms with Crippen LogP contribution in [0.1, 0.15) is 59.9 Å². The first-order valence-electron chi connectivity index (χ1n) is 19.6. The van der Waals surface area contributed by atoms with Crippen LogP contribution in [0.2, 0.25) is 0 Å². The number of aryl methyl sites for hydroxylation is 1. The Morgan fingerprint density at radius 3 is 2.32 bits per heavy atom. The minimum absolute atomic E-state index is 0.0243. The monoisotopic (exact) mass is 840 g/mol. The summed E-state index contributed by atoms with van der Waals surface area (Å²) >= 11 is 0. The number of methoxy groups -OCH3 is 1. The van der Waals surface area contributed by atoms with Gasteiger partial charge in [-0.05, 0) is 63.3 Å². The molecule has 0 radical (unpaired) electrons.